The summed E-state index contributed by atoms with van der Waals surface area (Å²) in [6.45, 7) is 0.135. The number of halogens is 3. The molecule has 0 unspecified atom stereocenters. The maximum Gasteiger partial charge on any atom is 0.417 e. The van der Waals surface area contributed by atoms with E-state index in [0.29, 0.717) is 6.20 Å². The van der Waals surface area contributed by atoms with Crippen LogP contribution in [0.25, 0.3) is 0 Å². The predicted molar refractivity (Wildman–Crippen MR) is 62.2 cm³/mol. The fourth-order valence-corrected chi connectivity index (χ4v) is 1.38. The molecule has 2 aromatic rings. The molecule has 100 valence electrons. The number of alkyl halides is 3. The minimum Gasteiger partial charge on any atom is -0.471 e. The van der Waals surface area contributed by atoms with Gasteiger partial charge in [-0.25, -0.2) is 4.98 Å². The summed E-state index contributed by atoms with van der Waals surface area (Å²) < 4.78 is 42.5. The Kier molecular flexibility index (Phi) is 3.55. The van der Waals surface area contributed by atoms with Gasteiger partial charge >= 0.3 is 6.18 Å². The van der Waals surface area contributed by atoms with E-state index in [-0.39, 0.29) is 18.2 Å². The molecule has 0 bridgehead atoms. The fourth-order valence-electron chi connectivity index (χ4n) is 1.38. The van der Waals surface area contributed by atoms with Crippen molar-refractivity contribution in [3.8, 4) is 5.88 Å². The summed E-state index contributed by atoms with van der Waals surface area (Å²) in [7, 11) is 0. The monoisotopic (exact) mass is 269 g/mol. The number of pyridine rings is 2. The average Bonchev–Trinajstić information content (AvgIpc) is 2.37. The number of anilines is 1. The molecular weight excluding hydrogens is 259 g/mol. The summed E-state index contributed by atoms with van der Waals surface area (Å²) in [5.74, 6) is -0.0307. The molecule has 0 aliphatic heterocycles. The predicted octanol–water partition coefficient (Wildman–Crippen LogP) is 2.66. The standard InChI is InChI=1S/C12H10F3N3O/c13-12(14,15)9-4-10(16)11(18-6-9)19-7-8-2-1-3-17-5-8/h1-6H,7,16H2. The third kappa shape index (κ3) is 3.34. The summed E-state index contributed by atoms with van der Waals surface area (Å²) >= 11 is 0. The molecule has 4 nitrogen and oxygen atoms in total. The van der Waals surface area contributed by atoms with Gasteiger partial charge in [0.25, 0.3) is 0 Å². The maximum atomic E-state index is 12.4. The van der Waals surface area contributed by atoms with Gasteiger partial charge in [0.15, 0.2) is 0 Å². The van der Waals surface area contributed by atoms with Crippen LogP contribution in [0.4, 0.5) is 18.9 Å². The van der Waals surface area contributed by atoms with Gasteiger partial charge in [-0.3, -0.25) is 4.98 Å². The van der Waals surface area contributed by atoms with Crippen LogP contribution in [-0.4, -0.2) is 9.97 Å². The SMILES string of the molecule is Nc1cc(C(F)(F)F)cnc1OCc1cccnc1. The van der Waals surface area contributed by atoms with E-state index >= 15 is 0 Å². The Balaban J connectivity index is 2.10. The van der Waals surface area contributed by atoms with Crippen molar-refractivity contribution in [1.29, 1.82) is 0 Å². The molecule has 0 fully saturated rings. The van der Waals surface area contributed by atoms with Crippen LogP contribution in [0.15, 0.2) is 36.8 Å². The van der Waals surface area contributed by atoms with Crippen LogP contribution in [-0.2, 0) is 12.8 Å². The number of hydrogen-bond donors (Lipinski definition) is 1. The van der Waals surface area contributed by atoms with E-state index in [9.17, 15) is 13.2 Å². The van der Waals surface area contributed by atoms with Crippen molar-refractivity contribution in [3.63, 3.8) is 0 Å². The Morgan fingerprint density at radius 2 is 2.05 bits per heavy atom. The molecule has 2 rings (SSSR count). The number of ether oxygens (including phenoxy) is 1. The lowest BCUT2D eigenvalue weighted by Gasteiger charge is -2.10. The summed E-state index contributed by atoms with van der Waals surface area (Å²) in [5, 5.41) is 0. The highest BCUT2D eigenvalue weighted by atomic mass is 19.4. The normalized spacial score (nSPS) is 11.3. The maximum absolute atomic E-state index is 12.4. The molecule has 0 aliphatic rings. The number of nitrogens with two attached hydrogens (primary N) is 1. The zero-order chi connectivity index (χ0) is 13.9. The second-order valence-corrected chi connectivity index (χ2v) is 3.77. The van der Waals surface area contributed by atoms with Crippen LogP contribution in [0.5, 0.6) is 5.88 Å². The van der Waals surface area contributed by atoms with Crippen molar-refractivity contribution in [3.05, 3.63) is 47.9 Å². The second kappa shape index (κ2) is 5.13. The summed E-state index contributed by atoms with van der Waals surface area (Å²) in [6, 6.07) is 4.29. The van der Waals surface area contributed by atoms with E-state index in [2.05, 4.69) is 9.97 Å². The molecular formula is C12H10F3N3O. The fraction of sp³-hybridized carbons (Fsp3) is 0.167. The van der Waals surface area contributed by atoms with E-state index in [0.717, 1.165) is 11.6 Å². The number of nitrogens with zero attached hydrogens (tertiary/aromatic N) is 2. The quantitative estimate of drug-likeness (QED) is 0.930. The van der Waals surface area contributed by atoms with Crippen LogP contribution < -0.4 is 10.5 Å². The molecule has 0 atom stereocenters. The van der Waals surface area contributed by atoms with Gasteiger partial charge in [0.2, 0.25) is 5.88 Å². The lowest BCUT2D eigenvalue weighted by atomic mass is 10.2. The van der Waals surface area contributed by atoms with Gasteiger partial charge in [0.05, 0.1) is 11.3 Å². The number of aromatic nitrogens is 2. The molecule has 0 saturated heterocycles. The van der Waals surface area contributed by atoms with Gasteiger partial charge in [-0.2, -0.15) is 13.2 Å². The van der Waals surface area contributed by atoms with Crippen LogP contribution >= 0.6 is 0 Å². The molecule has 0 aromatic carbocycles. The largest absolute Gasteiger partial charge is 0.471 e. The molecule has 0 radical (unpaired) electrons. The number of nitrogen functional groups attached to an aromatic ring is 1. The zero-order valence-electron chi connectivity index (χ0n) is 9.69. The molecule has 0 spiro atoms. The first-order valence-corrected chi connectivity index (χ1v) is 5.31. The van der Waals surface area contributed by atoms with Gasteiger partial charge in [-0.05, 0) is 12.1 Å². The summed E-state index contributed by atoms with van der Waals surface area (Å²) in [6.07, 6.45) is -0.591. The zero-order valence-corrected chi connectivity index (χ0v) is 9.69. The first-order valence-electron chi connectivity index (χ1n) is 5.31. The number of hydrogen-bond acceptors (Lipinski definition) is 4. The van der Waals surface area contributed by atoms with E-state index < -0.39 is 11.7 Å². The van der Waals surface area contributed by atoms with Crippen LogP contribution in [0.2, 0.25) is 0 Å². The minimum absolute atomic E-state index is 0.0307. The molecule has 2 heterocycles. The smallest absolute Gasteiger partial charge is 0.417 e. The third-order valence-corrected chi connectivity index (χ3v) is 2.30. The van der Waals surface area contributed by atoms with E-state index in [1.54, 1.807) is 24.5 Å². The first kappa shape index (κ1) is 13.1. The molecule has 19 heavy (non-hydrogen) atoms. The molecule has 0 aliphatic carbocycles. The summed E-state index contributed by atoms with van der Waals surface area (Å²) in [5.41, 5.74) is 5.19. The first-order chi connectivity index (χ1) is 8.97. The highest BCUT2D eigenvalue weighted by Gasteiger charge is 2.31. The van der Waals surface area contributed by atoms with E-state index in [4.69, 9.17) is 10.5 Å². The average molecular weight is 269 g/mol. The van der Waals surface area contributed by atoms with Crippen molar-refractivity contribution < 1.29 is 17.9 Å². The number of rotatable bonds is 3. The third-order valence-electron chi connectivity index (χ3n) is 2.30. The topological polar surface area (TPSA) is 61.0 Å². The van der Waals surface area contributed by atoms with Crippen molar-refractivity contribution in [2.45, 2.75) is 12.8 Å². The van der Waals surface area contributed by atoms with Crippen molar-refractivity contribution in [2.24, 2.45) is 0 Å². The lowest BCUT2D eigenvalue weighted by molar-refractivity contribution is -0.137. The van der Waals surface area contributed by atoms with E-state index in [1.807, 2.05) is 0 Å². The van der Waals surface area contributed by atoms with Gasteiger partial charge in [0, 0.05) is 24.2 Å². The van der Waals surface area contributed by atoms with Crippen LogP contribution in [0.3, 0.4) is 0 Å². The Hall–Kier alpha value is -2.31. The van der Waals surface area contributed by atoms with Gasteiger partial charge in [-0.1, -0.05) is 6.07 Å². The summed E-state index contributed by atoms with van der Waals surface area (Å²) in [4.78, 5) is 7.46. The Bertz CT molecular complexity index is 558. The van der Waals surface area contributed by atoms with Gasteiger partial charge in [-0.15, -0.1) is 0 Å². The lowest BCUT2D eigenvalue weighted by Crippen LogP contribution is -2.08. The Labute approximate surface area is 107 Å². The second-order valence-electron chi connectivity index (χ2n) is 3.77. The van der Waals surface area contributed by atoms with Crippen molar-refractivity contribution >= 4 is 5.69 Å². The Morgan fingerprint density at radius 1 is 1.26 bits per heavy atom. The van der Waals surface area contributed by atoms with Crippen molar-refractivity contribution in [1.82, 2.24) is 9.97 Å². The Morgan fingerprint density at radius 3 is 2.63 bits per heavy atom. The minimum atomic E-state index is -4.47. The molecule has 0 saturated carbocycles. The van der Waals surface area contributed by atoms with Gasteiger partial charge in [0.1, 0.15) is 6.61 Å². The van der Waals surface area contributed by atoms with Gasteiger partial charge < -0.3 is 10.5 Å². The highest BCUT2D eigenvalue weighted by molar-refractivity contribution is 5.50. The highest BCUT2D eigenvalue weighted by Crippen LogP contribution is 2.32. The van der Waals surface area contributed by atoms with Crippen LogP contribution in [0.1, 0.15) is 11.1 Å². The molecule has 2 aromatic heterocycles. The van der Waals surface area contributed by atoms with Crippen LogP contribution in [0, 0.1) is 0 Å². The van der Waals surface area contributed by atoms with E-state index in [1.165, 1.54) is 0 Å². The molecule has 7 heteroatoms. The van der Waals surface area contributed by atoms with Crippen molar-refractivity contribution in [2.75, 3.05) is 5.73 Å². The molecule has 2 N–H and O–H groups in total. The molecule has 0 amide bonds.